The van der Waals surface area contributed by atoms with Crippen LogP contribution in [0.2, 0.25) is 0 Å². The topological polar surface area (TPSA) is 12.0 Å². The number of hydrogen-bond acceptors (Lipinski definition) is 1. The lowest BCUT2D eigenvalue weighted by Gasteiger charge is -2.17. The van der Waals surface area contributed by atoms with Crippen LogP contribution in [0.15, 0.2) is 48.5 Å². The SMILES string of the molecule is CCC1c2ccccc2CNc2ccccc21. The van der Waals surface area contributed by atoms with E-state index in [0.29, 0.717) is 5.92 Å². The normalized spacial score (nSPS) is 17.6. The maximum atomic E-state index is 3.55. The van der Waals surface area contributed by atoms with Gasteiger partial charge in [0.25, 0.3) is 0 Å². The minimum atomic E-state index is 0.525. The van der Waals surface area contributed by atoms with Crippen molar-refractivity contribution < 1.29 is 0 Å². The zero-order chi connectivity index (χ0) is 11.7. The molecule has 0 fully saturated rings. The Balaban J connectivity index is 2.19. The van der Waals surface area contributed by atoms with Gasteiger partial charge in [0.2, 0.25) is 0 Å². The maximum absolute atomic E-state index is 3.55. The molecular formula is C16H17N. The van der Waals surface area contributed by atoms with E-state index >= 15 is 0 Å². The molecule has 0 bridgehead atoms. The molecule has 1 aliphatic heterocycles. The minimum Gasteiger partial charge on any atom is -0.381 e. The van der Waals surface area contributed by atoms with Crippen molar-refractivity contribution in [3.8, 4) is 0 Å². The Morgan fingerprint density at radius 1 is 1.00 bits per heavy atom. The average Bonchev–Trinajstić information content (AvgIpc) is 2.55. The first kappa shape index (κ1) is 10.4. The van der Waals surface area contributed by atoms with Crippen molar-refractivity contribution in [2.24, 2.45) is 0 Å². The average molecular weight is 223 g/mol. The van der Waals surface area contributed by atoms with Crippen LogP contribution in [0, 0.1) is 0 Å². The van der Waals surface area contributed by atoms with Gasteiger partial charge < -0.3 is 5.32 Å². The number of nitrogens with one attached hydrogen (secondary N) is 1. The molecular weight excluding hydrogens is 206 g/mol. The molecule has 2 aromatic rings. The Hall–Kier alpha value is -1.76. The van der Waals surface area contributed by atoms with Gasteiger partial charge in [0.15, 0.2) is 0 Å². The van der Waals surface area contributed by atoms with Crippen LogP contribution in [0.25, 0.3) is 0 Å². The Bertz CT molecular complexity index is 483. The smallest absolute Gasteiger partial charge is 0.0403 e. The van der Waals surface area contributed by atoms with Gasteiger partial charge in [0.1, 0.15) is 0 Å². The molecule has 1 nitrogen and oxygen atoms in total. The third kappa shape index (κ3) is 1.72. The van der Waals surface area contributed by atoms with Crippen molar-refractivity contribution in [2.45, 2.75) is 25.8 Å². The van der Waals surface area contributed by atoms with Crippen molar-refractivity contribution in [3.05, 3.63) is 65.2 Å². The standard InChI is InChI=1S/C16H17N/c1-2-13-14-8-4-3-7-12(14)11-17-16-10-6-5-9-15(13)16/h3-10,13,17H,2,11H2,1H3. The summed E-state index contributed by atoms with van der Waals surface area (Å²) >= 11 is 0. The van der Waals surface area contributed by atoms with Crippen LogP contribution < -0.4 is 5.32 Å². The number of benzene rings is 2. The summed E-state index contributed by atoms with van der Waals surface area (Å²) in [5.41, 5.74) is 5.62. The molecule has 0 saturated heterocycles. The van der Waals surface area contributed by atoms with Crippen LogP contribution in [0.5, 0.6) is 0 Å². The first-order valence-electron chi connectivity index (χ1n) is 6.30. The second-order valence-electron chi connectivity index (χ2n) is 4.60. The van der Waals surface area contributed by atoms with Gasteiger partial charge in [-0.1, -0.05) is 49.4 Å². The Labute approximate surface area is 102 Å². The van der Waals surface area contributed by atoms with E-state index in [1.165, 1.54) is 22.4 Å². The van der Waals surface area contributed by atoms with E-state index in [1.807, 2.05) is 0 Å². The van der Waals surface area contributed by atoms with Crippen LogP contribution in [-0.2, 0) is 6.54 Å². The van der Waals surface area contributed by atoms with E-state index in [0.717, 1.165) is 13.0 Å². The number of fused-ring (bicyclic) bond motifs is 2. The first-order chi connectivity index (χ1) is 8.40. The highest BCUT2D eigenvalue weighted by Gasteiger charge is 2.20. The first-order valence-corrected chi connectivity index (χ1v) is 6.30. The largest absolute Gasteiger partial charge is 0.381 e. The third-order valence-corrected chi connectivity index (χ3v) is 3.64. The molecule has 17 heavy (non-hydrogen) atoms. The molecule has 1 heteroatoms. The van der Waals surface area contributed by atoms with E-state index in [1.54, 1.807) is 0 Å². The highest BCUT2D eigenvalue weighted by atomic mass is 14.9. The fourth-order valence-corrected chi connectivity index (χ4v) is 2.79. The predicted octanol–water partition coefficient (Wildman–Crippen LogP) is 4.15. The zero-order valence-corrected chi connectivity index (χ0v) is 10.1. The summed E-state index contributed by atoms with van der Waals surface area (Å²) in [7, 11) is 0. The van der Waals surface area contributed by atoms with E-state index < -0.39 is 0 Å². The van der Waals surface area contributed by atoms with Gasteiger partial charge in [-0.15, -0.1) is 0 Å². The van der Waals surface area contributed by atoms with Gasteiger partial charge >= 0.3 is 0 Å². The van der Waals surface area contributed by atoms with Gasteiger partial charge in [-0.25, -0.2) is 0 Å². The van der Waals surface area contributed by atoms with Crippen LogP contribution >= 0.6 is 0 Å². The van der Waals surface area contributed by atoms with E-state index in [9.17, 15) is 0 Å². The molecule has 0 aromatic heterocycles. The third-order valence-electron chi connectivity index (χ3n) is 3.64. The highest BCUT2D eigenvalue weighted by Crippen LogP contribution is 2.37. The molecule has 0 saturated carbocycles. The van der Waals surface area contributed by atoms with Crippen molar-refractivity contribution >= 4 is 5.69 Å². The summed E-state index contributed by atoms with van der Waals surface area (Å²) in [6, 6.07) is 17.5. The van der Waals surface area contributed by atoms with Gasteiger partial charge in [0.05, 0.1) is 0 Å². The number of rotatable bonds is 1. The van der Waals surface area contributed by atoms with Crippen LogP contribution in [-0.4, -0.2) is 0 Å². The van der Waals surface area contributed by atoms with Crippen molar-refractivity contribution in [1.82, 2.24) is 0 Å². The molecule has 1 heterocycles. The maximum Gasteiger partial charge on any atom is 0.0403 e. The number of anilines is 1. The molecule has 1 unspecified atom stereocenters. The van der Waals surface area contributed by atoms with Gasteiger partial charge in [0, 0.05) is 18.2 Å². The highest BCUT2D eigenvalue weighted by molar-refractivity contribution is 5.58. The Kier molecular flexibility index (Phi) is 2.60. The summed E-state index contributed by atoms with van der Waals surface area (Å²) in [4.78, 5) is 0. The van der Waals surface area contributed by atoms with Gasteiger partial charge in [-0.3, -0.25) is 0 Å². The molecule has 1 atom stereocenters. The number of para-hydroxylation sites is 1. The summed E-state index contributed by atoms with van der Waals surface area (Å²) in [5.74, 6) is 0.525. The zero-order valence-electron chi connectivity index (χ0n) is 10.1. The molecule has 0 radical (unpaired) electrons. The lowest BCUT2D eigenvalue weighted by molar-refractivity contribution is 0.777. The minimum absolute atomic E-state index is 0.525. The molecule has 1 aliphatic rings. The van der Waals surface area contributed by atoms with Crippen LogP contribution in [0.1, 0.15) is 36.0 Å². The monoisotopic (exact) mass is 223 g/mol. The van der Waals surface area contributed by atoms with E-state index in [-0.39, 0.29) is 0 Å². The van der Waals surface area contributed by atoms with E-state index in [2.05, 4.69) is 60.8 Å². The van der Waals surface area contributed by atoms with Crippen molar-refractivity contribution in [2.75, 3.05) is 5.32 Å². The van der Waals surface area contributed by atoms with Gasteiger partial charge in [-0.05, 0) is 29.2 Å². The summed E-state index contributed by atoms with van der Waals surface area (Å²) < 4.78 is 0. The quantitative estimate of drug-likeness (QED) is 0.765. The fourth-order valence-electron chi connectivity index (χ4n) is 2.79. The van der Waals surface area contributed by atoms with Gasteiger partial charge in [-0.2, -0.15) is 0 Å². The molecule has 3 rings (SSSR count). The Morgan fingerprint density at radius 3 is 2.53 bits per heavy atom. The fraction of sp³-hybridized carbons (Fsp3) is 0.250. The molecule has 86 valence electrons. The summed E-state index contributed by atoms with van der Waals surface area (Å²) in [6.45, 7) is 3.20. The van der Waals surface area contributed by atoms with Crippen LogP contribution in [0.3, 0.4) is 0 Å². The van der Waals surface area contributed by atoms with Crippen molar-refractivity contribution in [1.29, 1.82) is 0 Å². The molecule has 2 aromatic carbocycles. The summed E-state index contributed by atoms with van der Waals surface area (Å²) in [5, 5.41) is 3.55. The predicted molar refractivity (Wildman–Crippen MR) is 72.3 cm³/mol. The second kappa shape index (κ2) is 4.25. The molecule has 0 aliphatic carbocycles. The van der Waals surface area contributed by atoms with Crippen LogP contribution in [0.4, 0.5) is 5.69 Å². The molecule has 1 N–H and O–H groups in total. The summed E-state index contributed by atoms with van der Waals surface area (Å²) in [6.07, 6.45) is 1.15. The molecule has 0 spiro atoms. The second-order valence-corrected chi connectivity index (χ2v) is 4.60. The lowest BCUT2D eigenvalue weighted by Crippen LogP contribution is -2.00. The Morgan fingerprint density at radius 2 is 1.71 bits per heavy atom. The molecule has 0 amide bonds. The lowest BCUT2D eigenvalue weighted by atomic mass is 9.87. The number of hydrogen-bond donors (Lipinski definition) is 1. The van der Waals surface area contributed by atoms with E-state index in [4.69, 9.17) is 0 Å². The van der Waals surface area contributed by atoms with Crippen molar-refractivity contribution in [3.63, 3.8) is 0 Å².